The highest BCUT2D eigenvalue weighted by Gasteiger charge is 2.31. The monoisotopic (exact) mass is 514 g/mol. The third-order valence-electron chi connectivity index (χ3n) is 4.57. The van der Waals surface area contributed by atoms with Crippen molar-refractivity contribution in [3.8, 4) is 0 Å². The van der Waals surface area contributed by atoms with E-state index in [1.54, 1.807) is 12.1 Å². The molecule has 6 nitrogen and oxygen atoms in total. The van der Waals surface area contributed by atoms with Crippen LogP contribution in [0, 0.1) is 5.41 Å². The van der Waals surface area contributed by atoms with Gasteiger partial charge in [0.1, 0.15) is 4.21 Å². The van der Waals surface area contributed by atoms with Gasteiger partial charge in [-0.15, -0.1) is 35.3 Å². The predicted octanol–water partition coefficient (Wildman–Crippen LogP) is 3.38. The molecule has 0 saturated carbocycles. The molecule has 0 aliphatic carbocycles. The highest BCUT2D eigenvalue weighted by atomic mass is 127. The molecule has 1 unspecified atom stereocenters. The van der Waals surface area contributed by atoms with Gasteiger partial charge in [-0.3, -0.25) is 0 Å². The van der Waals surface area contributed by atoms with Crippen LogP contribution in [0.5, 0.6) is 0 Å². The molecule has 3 N–H and O–H groups in total. The number of guanidine groups is 1. The average Bonchev–Trinajstić information content (AvgIpc) is 3.00. The summed E-state index contributed by atoms with van der Waals surface area (Å²) >= 11 is 1.19. The minimum atomic E-state index is -3.63. The van der Waals surface area contributed by atoms with E-state index in [-0.39, 0.29) is 28.2 Å². The lowest BCUT2D eigenvalue weighted by Gasteiger charge is -2.42. The van der Waals surface area contributed by atoms with Crippen molar-refractivity contribution in [2.75, 3.05) is 19.6 Å². The van der Waals surface area contributed by atoms with Crippen LogP contribution in [-0.4, -0.2) is 38.9 Å². The van der Waals surface area contributed by atoms with Crippen LogP contribution in [0.25, 0.3) is 0 Å². The summed E-state index contributed by atoms with van der Waals surface area (Å²) in [5.41, 5.74) is 0.340. The lowest BCUT2D eigenvalue weighted by Crippen LogP contribution is -2.49. The van der Waals surface area contributed by atoms with Gasteiger partial charge in [-0.1, -0.05) is 20.3 Å². The zero-order chi connectivity index (χ0) is 18.5. The van der Waals surface area contributed by atoms with E-state index in [0.717, 1.165) is 30.5 Å². The number of thiophene rings is 1. The summed E-state index contributed by atoms with van der Waals surface area (Å²) in [5.74, 6) is 0.912. The first-order valence-electron chi connectivity index (χ1n) is 8.92. The van der Waals surface area contributed by atoms with E-state index in [1.807, 2.05) is 0 Å². The van der Waals surface area contributed by atoms with Crippen LogP contribution < -0.4 is 10.5 Å². The quantitative estimate of drug-likeness (QED) is 0.346. The van der Waals surface area contributed by atoms with Crippen molar-refractivity contribution in [2.45, 2.75) is 57.2 Å². The van der Waals surface area contributed by atoms with Crippen LogP contribution in [-0.2, 0) is 16.6 Å². The van der Waals surface area contributed by atoms with E-state index in [4.69, 9.17) is 10.1 Å². The van der Waals surface area contributed by atoms with Crippen molar-refractivity contribution < 1.29 is 8.42 Å². The maximum atomic E-state index is 11.4. The third kappa shape index (κ3) is 6.65. The molecule has 2 rings (SSSR count). The Kier molecular flexibility index (Phi) is 9.31. The normalized spacial score (nSPS) is 21.4. The number of primary sulfonamides is 1. The fourth-order valence-electron chi connectivity index (χ4n) is 3.48. The number of sulfonamides is 1. The highest BCUT2D eigenvalue weighted by molar-refractivity contribution is 14.0. The molecular formula is C17H31IN4O2S2. The number of nitrogens with two attached hydrogens (primary N) is 1. The standard InChI is InChI=1S/C17H30N4O2S2.HI/c1-4-9-17(3)10-6-11-21(13-17)16(19-5-2)20-12-14-7-8-15(24-14)25(18,22)23;/h7-8H,4-6,9-13H2,1-3H3,(H,19,20)(H2,18,22,23);1H. The summed E-state index contributed by atoms with van der Waals surface area (Å²) in [6, 6.07) is 3.34. The Morgan fingerprint density at radius 2 is 2.15 bits per heavy atom. The Bertz CT molecular complexity index is 701. The second kappa shape index (κ2) is 10.2. The summed E-state index contributed by atoms with van der Waals surface area (Å²) in [4.78, 5) is 7.97. The van der Waals surface area contributed by atoms with Crippen LogP contribution >= 0.6 is 35.3 Å². The van der Waals surface area contributed by atoms with E-state index >= 15 is 0 Å². The van der Waals surface area contributed by atoms with Crippen LogP contribution in [0.15, 0.2) is 21.3 Å². The van der Waals surface area contributed by atoms with Gasteiger partial charge >= 0.3 is 0 Å². The molecule has 0 spiro atoms. The largest absolute Gasteiger partial charge is 0.357 e. The molecule has 2 heterocycles. The molecule has 0 bridgehead atoms. The van der Waals surface area contributed by atoms with Gasteiger partial charge in [-0.05, 0) is 43.7 Å². The molecule has 1 aliphatic rings. The maximum absolute atomic E-state index is 11.4. The van der Waals surface area contributed by atoms with Crippen molar-refractivity contribution >= 4 is 51.3 Å². The fraction of sp³-hybridized carbons (Fsp3) is 0.706. The van der Waals surface area contributed by atoms with E-state index in [1.165, 1.54) is 37.0 Å². The molecule has 1 atom stereocenters. The Balaban J connectivity index is 0.00000338. The lowest BCUT2D eigenvalue weighted by atomic mass is 9.78. The van der Waals surface area contributed by atoms with Gasteiger partial charge in [0.05, 0.1) is 6.54 Å². The molecule has 1 saturated heterocycles. The van der Waals surface area contributed by atoms with Crippen molar-refractivity contribution in [3.05, 3.63) is 17.0 Å². The zero-order valence-corrected chi connectivity index (χ0v) is 19.8. The van der Waals surface area contributed by atoms with Gasteiger partial charge in [0.2, 0.25) is 10.0 Å². The molecule has 1 aliphatic heterocycles. The first-order valence-corrected chi connectivity index (χ1v) is 11.3. The molecule has 150 valence electrons. The number of rotatable bonds is 6. The Morgan fingerprint density at radius 3 is 2.73 bits per heavy atom. The second-order valence-electron chi connectivity index (χ2n) is 7.02. The van der Waals surface area contributed by atoms with E-state index in [0.29, 0.717) is 12.0 Å². The first-order chi connectivity index (χ1) is 11.8. The zero-order valence-electron chi connectivity index (χ0n) is 15.8. The highest BCUT2D eigenvalue weighted by Crippen LogP contribution is 2.34. The molecule has 0 radical (unpaired) electrons. The van der Waals surface area contributed by atoms with Crippen molar-refractivity contribution in [3.63, 3.8) is 0 Å². The topological polar surface area (TPSA) is 87.8 Å². The summed E-state index contributed by atoms with van der Waals surface area (Å²) in [6.07, 6.45) is 4.87. The number of likely N-dealkylation sites (tertiary alicyclic amines) is 1. The molecule has 0 amide bonds. The molecule has 0 aromatic carbocycles. The SMILES string of the molecule is CCCC1(C)CCCN(C(=NCc2ccc(S(N)(=O)=O)s2)NCC)C1.I. The summed E-state index contributed by atoms with van der Waals surface area (Å²) in [5, 5.41) is 8.55. The van der Waals surface area contributed by atoms with Gasteiger partial charge < -0.3 is 10.2 Å². The molecule has 26 heavy (non-hydrogen) atoms. The minimum Gasteiger partial charge on any atom is -0.357 e. The number of hydrogen-bond acceptors (Lipinski definition) is 4. The van der Waals surface area contributed by atoms with E-state index < -0.39 is 10.0 Å². The number of nitrogens with zero attached hydrogens (tertiary/aromatic N) is 2. The Labute approximate surface area is 178 Å². The lowest BCUT2D eigenvalue weighted by molar-refractivity contribution is 0.142. The van der Waals surface area contributed by atoms with Gasteiger partial charge in [-0.2, -0.15) is 0 Å². The van der Waals surface area contributed by atoms with Crippen LogP contribution in [0.2, 0.25) is 0 Å². The van der Waals surface area contributed by atoms with Crippen LogP contribution in [0.4, 0.5) is 0 Å². The average molecular weight is 514 g/mol. The van der Waals surface area contributed by atoms with Crippen molar-refractivity contribution in [1.82, 2.24) is 10.2 Å². The minimum absolute atomic E-state index is 0. The molecule has 1 aromatic rings. The van der Waals surface area contributed by atoms with Gasteiger partial charge in [0.15, 0.2) is 5.96 Å². The maximum Gasteiger partial charge on any atom is 0.247 e. The summed E-state index contributed by atoms with van der Waals surface area (Å²) in [6.45, 7) is 9.97. The van der Waals surface area contributed by atoms with E-state index in [2.05, 4.69) is 31.0 Å². The van der Waals surface area contributed by atoms with Gasteiger partial charge in [0.25, 0.3) is 0 Å². The van der Waals surface area contributed by atoms with Crippen molar-refractivity contribution in [2.24, 2.45) is 15.5 Å². The summed E-state index contributed by atoms with van der Waals surface area (Å²) in [7, 11) is -3.63. The van der Waals surface area contributed by atoms with E-state index in [9.17, 15) is 8.42 Å². The Hall–Kier alpha value is -0.390. The fourth-order valence-corrected chi connectivity index (χ4v) is 5.18. The van der Waals surface area contributed by atoms with Gasteiger partial charge in [-0.25, -0.2) is 18.5 Å². The molecular weight excluding hydrogens is 483 g/mol. The van der Waals surface area contributed by atoms with Crippen molar-refractivity contribution in [1.29, 1.82) is 0 Å². The van der Waals surface area contributed by atoms with Crippen LogP contribution in [0.1, 0.15) is 51.3 Å². The number of hydrogen-bond donors (Lipinski definition) is 2. The molecule has 1 aromatic heterocycles. The number of aliphatic imine (C=N–C) groups is 1. The number of nitrogens with one attached hydrogen (secondary N) is 1. The number of piperidine rings is 1. The first kappa shape index (κ1) is 23.6. The van der Waals surface area contributed by atoms with Crippen LogP contribution in [0.3, 0.4) is 0 Å². The van der Waals surface area contributed by atoms with Gasteiger partial charge in [0, 0.05) is 24.5 Å². The predicted molar refractivity (Wildman–Crippen MR) is 120 cm³/mol. The smallest absolute Gasteiger partial charge is 0.247 e. The Morgan fingerprint density at radius 1 is 1.42 bits per heavy atom. The third-order valence-corrected chi connectivity index (χ3v) is 7.08. The number of halogens is 1. The molecule has 9 heteroatoms. The molecule has 1 fully saturated rings. The summed E-state index contributed by atoms with van der Waals surface area (Å²) < 4.78 is 23.0. The second-order valence-corrected chi connectivity index (χ2v) is 9.98.